The van der Waals surface area contributed by atoms with E-state index >= 15 is 0 Å². The van der Waals surface area contributed by atoms with Crippen molar-refractivity contribution in [3.05, 3.63) is 28.3 Å². The molecule has 132 valence electrons. The van der Waals surface area contributed by atoms with Gasteiger partial charge < -0.3 is 10.4 Å². The highest BCUT2D eigenvalue weighted by atomic mass is 32.2. The number of carbonyl (C=O) groups excluding carboxylic acids is 1. The minimum absolute atomic E-state index is 0.0428. The van der Waals surface area contributed by atoms with Gasteiger partial charge in [0.1, 0.15) is 11.8 Å². The maximum Gasteiger partial charge on any atom is 0.271 e. The number of nitro benzene ring substituents is 1. The smallest absolute Gasteiger partial charge is 0.271 e. The van der Waals surface area contributed by atoms with Crippen LogP contribution in [0.3, 0.4) is 0 Å². The number of benzene rings is 1. The number of carbonyl (C=O) groups is 1. The number of hydrogen-bond donors (Lipinski definition) is 2. The summed E-state index contributed by atoms with van der Waals surface area (Å²) in [6, 6.07) is 2.37. The Morgan fingerprint density at radius 1 is 1.50 bits per heavy atom. The number of nitrogens with zero attached hydrogens (tertiary/aromatic N) is 2. The molecule has 0 aromatic heterocycles. The second kappa shape index (κ2) is 7.14. The van der Waals surface area contributed by atoms with Crippen molar-refractivity contribution in [1.82, 2.24) is 4.31 Å². The Morgan fingerprint density at radius 3 is 2.83 bits per heavy atom. The minimum Gasteiger partial charge on any atom is -0.506 e. The second-order valence-electron chi connectivity index (χ2n) is 5.53. The van der Waals surface area contributed by atoms with Crippen molar-refractivity contribution in [2.24, 2.45) is 0 Å². The highest BCUT2D eigenvalue weighted by Gasteiger charge is 2.38. The number of non-ortho nitro benzene ring substituents is 1. The van der Waals surface area contributed by atoms with Gasteiger partial charge in [-0.15, -0.1) is 0 Å². The Balaban J connectivity index is 2.20. The van der Waals surface area contributed by atoms with Crippen LogP contribution in [0.4, 0.5) is 11.4 Å². The molecule has 1 unspecified atom stereocenters. The van der Waals surface area contributed by atoms with E-state index in [2.05, 4.69) is 5.32 Å². The van der Waals surface area contributed by atoms with Gasteiger partial charge in [-0.25, -0.2) is 8.42 Å². The topological polar surface area (TPSA) is 130 Å². The maximum absolute atomic E-state index is 12.4. The molecular formula is C14H19N3O6S. The summed E-state index contributed by atoms with van der Waals surface area (Å²) in [7, 11) is -3.53. The average Bonchev–Trinajstić information content (AvgIpc) is 2.99. The van der Waals surface area contributed by atoms with Crippen molar-refractivity contribution in [2.75, 3.05) is 17.6 Å². The van der Waals surface area contributed by atoms with E-state index in [-0.39, 0.29) is 29.4 Å². The van der Waals surface area contributed by atoms with Crippen LogP contribution in [0, 0.1) is 10.1 Å². The molecule has 10 heteroatoms. The summed E-state index contributed by atoms with van der Waals surface area (Å²) >= 11 is 0. The van der Waals surface area contributed by atoms with Gasteiger partial charge in [0, 0.05) is 18.7 Å². The third kappa shape index (κ3) is 3.82. The Morgan fingerprint density at radius 2 is 2.21 bits per heavy atom. The van der Waals surface area contributed by atoms with Gasteiger partial charge in [-0.3, -0.25) is 14.9 Å². The van der Waals surface area contributed by atoms with Gasteiger partial charge in [-0.1, -0.05) is 6.92 Å². The zero-order valence-electron chi connectivity index (χ0n) is 13.1. The van der Waals surface area contributed by atoms with Crippen LogP contribution in [0.2, 0.25) is 0 Å². The standard InChI is InChI=1S/C14H19N3O6S/c1-2-8-24(22,23)16-7-3-4-12(16)14(19)15-11-9-10(17(20)21)5-6-13(11)18/h5-6,9,12,18H,2-4,7-8H2,1H3,(H,15,19). The monoisotopic (exact) mass is 357 g/mol. The van der Waals surface area contributed by atoms with Crippen LogP contribution < -0.4 is 5.32 Å². The van der Waals surface area contributed by atoms with Crippen LogP contribution in [0.25, 0.3) is 0 Å². The summed E-state index contributed by atoms with van der Waals surface area (Å²) in [5.74, 6) is -0.975. The fraction of sp³-hybridized carbons (Fsp3) is 0.500. The van der Waals surface area contributed by atoms with Crippen molar-refractivity contribution in [3.8, 4) is 5.75 Å². The molecule has 24 heavy (non-hydrogen) atoms. The molecular weight excluding hydrogens is 338 g/mol. The number of nitrogens with one attached hydrogen (secondary N) is 1. The van der Waals surface area contributed by atoms with Crippen molar-refractivity contribution in [1.29, 1.82) is 0 Å². The van der Waals surface area contributed by atoms with Gasteiger partial charge in [0.25, 0.3) is 5.69 Å². The summed E-state index contributed by atoms with van der Waals surface area (Å²) in [5, 5.41) is 22.9. The summed E-state index contributed by atoms with van der Waals surface area (Å²) in [4.78, 5) is 22.5. The molecule has 1 aliphatic rings. The van der Waals surface area contributed by atoms with E-state index in [1.54, 1.807) is 6.92 Å². The molecule has 1 fully saturated rings. The van der Waals surface area contributed by atoms with Gasteiger partial charge in [-0.2, -0.15) is 4.31 Å². The summed E-state index contributed by atoms with van der Waals surface area (Å²) in [6.45, 7) is 2.01. The summed E-state index contributed by atoms with van der Waals surface area (Å²) in [5.41, 5.74) is -0.404. The molecule has 2 rings (SSSR count). The van der Waals surface area contributed by atoms with Gasteiger partial charge in [0.2, 0.25) is 15.9 Å². The predicted molar refractivity (Wildman–Crippen MR) is 87.2 cm³/mol. The highest BCUT2D eigenvalue weighted by molar-refractivity contribution is 7.89. The first kappa shape index (κ1) is 18.1. The Bertz CT molecular complexity index is 749. The van der Waals surface area contributed by atoms with Crippen molar-refractivity contribution >= 4 is 27.3 Å². The number of rotatable bonds is 6. The zero-order valence-corrected chi connectivity index (χ0v) is 14.0. The van der Waals surface area contributed by atoms with E-state index in [1.165, 1.54) is 4.31 Å². The quantitative estimate of drug-likeness (QED) is 0.450. The average molecular weight is 357 g/mol. The molecule has 0 bridgehead atoms. The SMILES string of the molecule is CCCS(=O)(=O)N1CCCC1C(=O)Nc1cc([N+](=O)[O-])ccc1O. The van der Waals surface area contributed by atoms with Crippen LogP contribution >= 0.6 is 0 Å². The number of anilines is 1. The maximum atomic E-state index is 12.4. The van der Waals surface area contributed by atoms with E-state index < -0.39 is 26.9 Å². The number of amides is 1. The van der Waals surface area contributed by atoms with E-state index in [0.717, 1.165) is 18.2 Å². The van der Waals surface area contributed by atoms with Crippen LogP contribution in [0.5, 0.6) is 5.75 Å². The van der Waals surface area contributed by atoms with Gasteiger partial charge in [0.05, 0.1) is 16.4 Å². The lowest BCUT2D eigenvalue weighted by Crippen LogP contribution is -2.44. The Kier molecular flexibility index (Phi) is 5.40. The number of sulfonamides is 1. The Labute approximate surface area is 139 Å². The first-order valence-corrected chi connectivity index (χ1v) is 9.15. The van der Waals surface area contributed by atoms with Crippen LogP contribution in [-0.2, 0) is 14.8 Å². The molecule has 1 aromatic carbocycles. The van der Waals surface area contributed by atoms with E-state index in [0.29, 0.717) is 19.3 Å². The molecule has 0 spiro atoms. The molecule has 2 N–H and O–H groups in total. The van der Waals surface area contributed by atoms with Crippen molar-refractivity contribution in [3.63, 3.8) is 0 Å². The lowest BCUT2D eigenvalue weighted by molar-refractivity contribution is -0.384. The summed E-state index contributed by atoms with van der Waals surface area (Å²) in [6.07, 6.45) is 1.37. The molecule has 1 heterocycles. The zero-order chi connectivity index (χ0) is 17.9. The lowest BCUT2D eigenvalue weighted by atomic mass is 10.2. The fourth-order valence-electron chi connectivity index (χ4n) is 2.66. The van der Waals surface area contributed by atoms with Crippen molar-refractivity contribution in [2.45, 2.75) is 32.2 Å². The van der Waals surface area contributed by atoms with E-state index in [4.69, 9.17) is 0 Å². The molecule has 1 atom stereocenters. The first-order valence-electron chi connectivity index (χ1n) is 7.54. The number of hydrogen-bond acceptors (Lipinski definition) is 6. The number of aromatic hydroxyl groups is 1. The number of phenolic OH excluding ortho intramolecular Hbond substituents is 1. The van der Waals surface area contributed by atoms with Gasteiger partial charge in [-0.05, 0) is 25.3 Å². The van der Waals surface area contributed by atoms with Gasteiger partial charge >= 0.3 is 0 Å². The molecule has 1 saturated heterocycles. The largest absolute Gasteiger partial charge is 0.506 e. The Hall–Kier alpha value is -2.20. The van der Waals surface area contributed by atoms with Crippen LogP contribution in [0.15, 0.2) is 18.2 Å². The van der Waals surface area contributed by atoms with E-state index in [9.17, 15) is 28.4 Å². The number of phenols is 1. The lowest BCUT2D eigenvalue weighted by Gasteiger charge is -2.23. The first-order chi connectivity index (χ1) is 11.3. The summed E-state index contributed by atoms with van der Waals surface area (Å²) < 4.78 is 25.6. The highest BCUT2D eigenvalue weighted by Crippen LogP contribution is 2.29. The molecule has 1 aromatic rings. The van der Waals surface area contributed by atoms with E-state index in [1.807, 2.05) is 0 Å². The van der Waals surface area contributed by atoms with Crippen LogP contribution in [0.1, 0.15) is 26.2 Å². The molecule has 1 aliphatic heterocycles. The van der Waals surface area contributed by atoms with Gasteiger partial charge in [0.15, 0.2) is 0 Å². The molecule has 9 nitrogen and oxygen atoms in total. The fourth-order valence-corrected chi connectivity index (χ4v) is 4.41. The number of nitro groups is 1. The van der Waals surface area contributed by atoms with Crippen LogP contribution in [-0.4, -0.2) is 47.0 Å². The second-order valence-corrected chi connectivity index (χ2v) is 7.57. The third-order valence-corrected chi connectivity index (χ3v) is 5.85. The third-order valence-electron chi connectivity index (χ3n) is 3.77. The molecule has 0 aliphatic carbocycles. The molecule has 0 saturated carbocycles. The molecule has 1 amide bonds. The normalized spacial score (nSPS) is 18.5. The van der Waals surface area contributed by atoms with Crippen molar-refractivity contribution < 1.29 is 23.2 Å². The molecule has 0 radical (unpaired) electrons. The predicted octanol–water partition coefficient (Wildman–Crippen LogP) is 1.44. The minimum atomic E-state index is -3.53.